The Balaban J connectivity index is 2.25. The van der Waals surface area contributed by atoms with Gasteiger partial charge in [0.25, 0.3) is 5.91 Å². The molecule has 0 radical (unpaired) electrons. The molecule has 1 fully saturated rings. The van der Waals surface area contributed by atoms with Crippen LogP contribution in [0.4, 0.5) is 0 Å². The van der Waals surface area contributed by atoms with Crippen LogP contribution in [0.15, 0.2) is 4.52 Å². The van der Waals surface area contributed by atoms with Crippen molar-refractivity contribution in [3.63, 3.8) is 0 Å². The first kappa shape index (κ1) is 16.0. The Morgan fingerprint density at radius 3 is 2.27 bits per heavy atom. The lowest BCUT2D eigenvalue weighted by atomic mass is 10.1. The highest BCUT2D eigenvalue weighted by Gasteiger charge is 2.32. The Morgan fingerprint density at radius 1 is 1.18 bits per heavy atom. The molecular formula is C14H20N4O4. The first-order chi connectivity index (χ1) is 10.3. The quantitative estimate of drug-likeness (QED) is 0.806. The monoisotopic (exact) mass is 308 g/mol. The van der Waals surface area contributed by atoms with Crippen molar-refractivity contribution in [3.05, 3.63) is 17.0 Å². The number of hydrogen-bond acceptors (Lipinski definition) is 5. The molecule has 8 heteroatoms. The third kappa shape index (κ3) is 3.10. The number of carbonyl (C=O) groups is 3. The molecule has 120 valence electrons. The fourth-order valence-electron chi connectivity index (χ4n) is 2.61. The Morgan fingerprint density at radius 2 is 1.77 bits per heavy atom. The summed E-state index contributed by atoms with van der Waals surface area (Å²) in [6.45, 7) is 5.91. The minimum atomic E-state index is -0.587. The molecule has 2 heterocycles. The zero-order chi connectivity index (χ0) is 16.4. The number of hydrogen-bond donors (Lipinski definition) is 1. The molecule has 22 heavy (non-hydrogen) atoms. The number of primary amides is 1. The Kier molecular flexibility index (Phi) is 4.48. The summed E-state index contributed by atoms with van der Waals surface area (Å²) >= 11 is 0. The van der Waals surface area contributed by atoms with Crippen LogP contribution in [0.1, 0.15) is 28.7 Å². The molecule has 2 N–H and O–H groups in total. The zero-order valence-electron chi connectivity index (χ0n) is 13.0. The van der Waals surface area contributed by atoms with E-state index in [1.165, 1.54) is 16.7 Å². The van der Waals surface area contributed by atoms with Gasteiger partial charge in [-0.25, -0.2) is 0 Å². The highest BCUT2D eigenvalue weighted by Crippen LogP contribution is 2.18. The van der Waals surface area contributed by atoms with Crippen LogP contribution in [-0.4, -0.2) is 58.9 Å². The molecule has 1 aromatic heterocycles. The van der Waals surface area contributed by atoms with Crippen molar-refractivity contribution in [2.45, 2.75) is 20.8 Å². The van der Waals surface area contributed by atoms with E-state index in [2.05, 4.69) is 5.16 Å². The van der Waals surface area contributed by atoms with Gasteiger partial charge < -0.3 is 20.1 Å². The number of rotatable bonds is 2. The van der Waals surface area contributed by atoms with Crippen LogP contribution in [0.25, 0.3) is 0 Å². The van der Waals surface area contributed by atoms with Gasteiger partial charge in [0, 0.05) is 33.1 Å². The lowest BCUT2D eigenvalue weighted by Crippen LogP contribution is -2.41. The van der Waals surface area contributed by atoms with E-state index in [1.807, 2.05) is 0 Å². The standard InChI is InChI=1S/C14H20N4O4/c1-8-12(9(2)22-16-8)14(21)18-5-4-17(10(3)19)6-11(7-18)13(15)20/h11H,4-7H2,1-3H3,(H2,15,20)/t11-/m1/s1. The van der Waals surface area contributed by atoms with E-state index in [9.17, 15) is 14.4 Å². The molecule has 1 aliphatic heterocycles. The highest BCUT2D eigenvalue weighted by atomic mass is 16.5. The average molecular weight is 308 g/mol. The first-order valence-corrected chi connectivity index (χ1v) is 7.08. The molecule has 1 aliphatic rings. The molecule has 0 bridgehead atoms. The van der Waals surface area contributed by atoms with Gasteiger partial charge in [-0.2, -0.15) is 0 Å². The molecule has 3 amide bonds. The Hall–Kier alpha value is -2.38. The molecule has 0 unspecified atom stereocenters. The summed E-state index contributed by atoms with van der Waals surface area (Å²) in [5.74, 6) is -1.07. The molecule has 0 aromatic carbocycles. The molecule has 2 rings (SSSR count). The smallest absolute Gasteiger partial charge is 0.259 e. The van der Waals surface area contributed by atoms with Crippen molar-refractivity contribution in [2.75, 3.05) is 26.2 Å². The van der Waals surface area contributed by atoms with Gasteiger partial charge in [-0.05, 0) is 13.8 Å². The number of nitrogens with zero attached hydrogens (tertiary/aromatic N) is 3. The number of amides is 3. The van der Waals surface area contributed by atoms with E-state index in [-0.39, 0.29) is 24.9 Å². The molecule has 0 aliphatic carbocycles. The van der Waals surface area contributed by atoms with Crippen molar-refractivity contribution in [3.8, 4) is 0 Å². The molecule has 1 saturated heterocycles. The van der Waals surface area contributed by atoms with Crippen LogP contribution in [-0.2, 0) is 9.59 Å². The van der Waals surface area contributed by atoms with E-state index in [0.29, 0.717) is 30.1 Å². The van der Waals surface area contributed by atoms with Gasteiger partial charge in [-0.15, -0.1) is 0 Å². The maximum Gasteiger partial charge on any atom is 0.259 e. The van der Waals surface area contributed by atoms with Crippen molar-refractivity contribution in [1.29, 1.82) is 0 Å². The number of aryl methyl sites for hydroxylation is 2. The second kappa shape index (κ2) is 6.17. The maximum atomic E-state index is 12.7. The summed E-state index contributed by atoms with van der Waals surface area (Å²) in [4.78, 5) is 38.9. The van der Waals surface area contributed by atoms with E-state index in [4.69, 9.17) is 10.3 Å². The second-order valence-corrected chi connectivity index (χ2v) is 5.51. The third-order valence-electron chi connectivity index (χ3n) is 3.90. The minimum Gasteiger partial charge on any atom is -0.369 e. The van der Waals surface area contributed by atoms with Crippen molar-refractivity contribution < 1.29 is 18.9 Å². The van der Waals surface area contributed by atoms with Crippen LogP contribution in [0.5, 0.6) is 0 Å². The van der Waals surface area contributed by atoms with Crippen molar-refractivity contribution in [2.24, 2.45) is 11.7 Å². The zero-order valence-corrected chi connectivity index (χ0v) is 13.0. The summed E-state index contributed by atoms with van der Waals surface area (Å²) in [5.41, 5.74) is 6.30. The van der Waals surface area contributed by atoms with Gasteiger partial charge in [0.1, 0.15) is 11.3 Å². The van der Waals surface area contributed by atoms with Gasteiger partial charge in [-0.3, -0.25) is 14.4 Å². The van der Waals surface area contributed by atoms with Gasteiger partial charge in [0.15, 0.2) is 0 Å². The topological polar surface area (TPSA) is 110 Å². The molecule has 8 nitrogen and oxygen atoms in total. The Bertz CT molecular complexity index is 590. The molecule has 1 atom stereocenters. The maximum absolute atomic E-state index is 12.7. The van der Waals surface area contributed by atoms with Crippen LogP contribution < -0.4 is 5.73 Å². The third-order valence-corrected chi connectivity index (χ3v) is 3.90. The summed E-state index contributed by atoms with van der Waals surface area (Å²) < 4.78 is 5.02. The normalized spacial score (nSPS) is 19.0. The lowest BCUT2D eigenvalue weighted by molar-refractivity contribution is -0.130. The van der Waals surface area contributed by atoms with E-state index in [0.717, 1.165) is 0 Å². The summed E-state index contributed by atoms with van der Waals surface area (Å²) in [6.07, 6.45) is 0. The predicted octanol–water partition coefficient (Wildman–Crippen LogP) is -0.303. The van der Waals surface area contributed by atoms with Gasteiger partial charge in [0.05, 0.1) is 11.6 Å². The van der Waals surface area contributed by atoms with Gasteiger partial charge in [0.2, 0.25) is 11.8 Å². The molecule has 0 spiro atoms. The molecule has 1 aromatic rings. The van der Waals surface area contributed by atoms with Crippen LogP contribution in [0.3, 0.4) is 0 Å². The SMILES string of the molecule is CC(=O)N1CCN(C(=O)c2c(C)noc2C)C[C@H](C(N)=O)C1. The fourth-order valence-corrected chi connectivity index (χ4v) is 2.61. The Labute approximate surface area is 128 Å². The van der Waals surface area contributed by atoms with Crippen molar-refractivity contribution >= 4 is 17.7 Å². The van der Waals surface area contributed by atoms with Crippen LogP contribution in [0.2, 0.25) is 0 Å². The van der Waals surface area contributed by atoms with Crippen LogP contribution in [0, 0.1) is 19.8 Å². The fraction of sp³-hybridized carbons (Fsp3) is 0.571. The van der Waals surface area contributed by atoms with Crippen LogP contribution >= 0.6 is 0 Å². The largest absolute Gasteiger partial charge is 0.369 e. The second-order valence-electron chi connectivity index (χ2n) is 5.51. The summed E-state index contributed by atoms with van der Waals surface area (Å²) in [6, 6.07) is 0. The average Bonchev–Trinajstić information content (AvgIpc) is 2.66. The summed E-state index contributed by atoms with van der Waals surface area (Å²) in [5, 5.41) is 3.77. The molecule has 0 saturated carbocycles. The number of aromatic nitrogens is 1. The number of carbonyl (C=O) groups excluding carboxylic acids is 3. The highest BCUT2D eigenvalue weighted by molar-refractivity contribution is 5.96. The minimum absolute atomic E-state index is 0.141. The lowest BCUT2D eigenvalue weighted by Gasteiger charge is -2.22. The predicted molar refractivity (Wildman–Crippen MR) is 76.8 cm³/mol. The van der Waals surface area contributed by atoms with Gasteiger partial charge >= 0.3 is 0 Å². The number of nitrogens with two attached hydrogens (primary N) is 1. The summed E-state index contributed by atoms with van der Waals surface area (Å²) in [7, 11) is 0. The van der Waals surface area contributed by atoms with E-state index in [1.54, 1.807) is 13.8 Å². The van der Waals surface area contributed by atoms with Crippen molar-refractivity contribution in [1.82, 2.24) is 15.0 Å². The first-order valence-electron chi connectivity index (χ1n) is 7.08. The van der Waals surface area contributed by atoms with E-state index >= 15 is 0 Å². The van der Waals surface area contributed by atoms with Gasteiger partial charge in [-0.1, -0.05) is 5.16 Å². The molecular weight excluding hydrogens is 288 g/mol. The van der Waals surface area contributed by atoms with E-state index < -0.39 is 11.8 Å².